The van der Waals surface area contributed by atoms with Crippen LogP contribution in [0, 0.1) is 5.82 Å². The van der Waals surface area contributed by atoms with E-state index >= 15 is 0 Å². The zero-order chi connectivity index (χ0) is 21.0. The van der Waals surface area contributed by atoms with Crippen molar-refractivity contribution >= 4 is 11.8 Å². The van der Waals surface area contributed by atoms with E-state index in [1.54, 1.807) is 12.1 Å². The second-order valence-electron chi connectivity index (χ2n) is 6.61. The highest BCUT2D eigenvalue weighted by Crippen LogP contribution is 2.32. The van der Waals surface area contributed by atoms with E-state index in [9.17, 15) is 17.6 Å². The van der Waals surface area contributed by atoms with Crippen LogP contribution in [0.25, 0.3) is 0 Å². The summed E-state index contributed by atoms with van der Waals surface area (Å²) in [6.45, 7) is 3.93. The molecule has 0 fully saturated rings. The van der Waals surface area contributed by atoms with Gasteiger partial charge in [-0.3, -0.25) is 0 Å². The number of hydrogen-bond donors (Lipinski definition) is 0. The van der Waals surface area contributed by atoms with Crippen molar-refractivity contribution in [3.05, 3.63) is 77.2 Å². The quantitative estimate of drug-likeness (QED) is 0.247. The maximum absolute atomic E-state index is 13.1. The molecule has 0 spiro atoms. The smallest absolute Gasteiger partial charge is 0.416 e. The number of hydrogen-bond acceptors (Lipinski definition) is 4. The second kappa shape index (κ2) is 8.82. The summed E-state index contributed by atoms with van der Waals surface area (Å²) in [6.07, 6.45) is -4.38. The fourth-order valence-electron chi connectivity index (χ4n) is 2.44. The topological polar surface area (TPSA) is 35.0 Å². The Morgan fingerprint density at radius 1 is 1.00 bits per heavy atom. The predicted octanol–water partition coefficient (Wildman–Crippen LogP) is 6.84. The molecule has 2 aromatic carbocycles. The van der Waals surface area contributed by atoms with Gasteiger partial charge in [-0.2, -0.15) is 18.2 Å². The normalized spacial score (nSPS) is 11.7. The van der Waals surface area contributed by atoms with Gasteiger partial charge in [0, 0.05) is 11.8 Å². The fourth-order valence-corrected chi connectivity index (χ4v) is 3.24. The lowest BCUT2D eigenvalue weighted by Crippen LogP contribution is -2.05. The molecule has 0 N–H and O–H groups in total. The highest BCUT2D eigenvalue weighted by molar-refractivity contribution is 7.98. The SMILES string of the molecule is CC(C)c1cc(Oc2ccc(F)cc2)nc(SCc2cccc(C(F)(F)F)c2)n1. The van der Waals surface area contributed by atoms with Crippen LogP contribution in [0.15, 0.2) is 59.8 Å². The van der Waals surface area contributed by atoms with Crippen molar-refractivity contribution in [3.8, 4) is 11.6 Å². The van der Waals surface area contributed by atoms with E-state index in [1.165, 1.54) is 42.1 Å². The van der Waals surface area contributed by atoms with Gasteiger partial charge in [0.05, 0.1) is 11.3 Å². The Morgan fingerprint density at radius 2 is 1.72 bits per heavy atom. The van der Waals surface area contributed by atoms with Gasteiger partial charge in [-0.05, 0) is 41.8 Å². The Labute approximate surface area is 170 Å². The van der Waals surface area contributed by atoms with Gasteiger partial charge in [-0.1, -0.05) is 43.8 Å². The summed E-state index contributed by atoms with van der Waals surface area (Å²) in [7, 11) is 0. The van der Waals surface area contributed by atoms with Gasteiger partial charge in [-0.25, -0.2) is 9.37 Å². The largest absolute Gasteiger partial charge is 0.439 e. The molecular formula is C21H18F4N2OS. The average Bonchev–Trinajstić information content (AvgIpc) is 2.67. The molecule has 0 saturated heterocycles. The van der Waals surface area contributed by atoms with Crippen LogP contribution in [0.2, 0.25) is 0 Å². The number of aromatic nitrogens is 2. The lowest BCUT2D eigenvalue weighted by molar-refractivity contribution is -0.137. The van der Waals surface area contributed by atoms with Gasteiger partial charge >= 0.3 is 6.18 Å². The molecule has 0 saturated carbocycles. The lowest BCUT2D eigenvalue weighted by Gasteiger charge is -2.11. The third kappa shape index (κ3) is 5.93. The molecule has 0 atom stereocenters. The molecule has 1 heterocycles. The van der Waals surface area contributed by atoms with Crippen LogP contribution in [0.1, 0.15) is 36.6 Å². The summed E-state index contributed by atoms with van der Waals surface area (Å²) < 4.78 is 57.4. The number of nitrogens with zero attached hydrogens (tertiary/aromatic N) is 2. The molecule has 0 aliphatic carbocycles. The highest BCUT2D eigenvalue weighted by Gasteiger charge is 2.30. The predicted molar refractivity (Wildman–Crippen MR) is 104 cm³/mol. The van der Waals surface area contributed by atoms with E-state index in [0.717, 1.165) is 17.8 Å². The van der Waals surface area contributed by atoms with Crippen molar-refractivity contribution in [1.82, 2.24) is 9.97 Å². The van der Waals surface area contributed by atoms with Crippen molar-refractivity contribution in [3.63, 3.8) is 0 Å². The molecular weight excluding hydrogens is 404 g/mol. The first-order valence-corrected chi connectivity index (χ1v) is 9.80. The van der Waals surface area contributed by atoms with Crippen LogP contribution >= 0.6 is 11.8 Å². The van der Waals surface area contributed by atoms with Crippen molar-refractivity contribution in [2.24, 2.45) is 0 Å². The molecule has 0 amide bonds. The van der Waals surface area contributed by atoms with Crippen LogP contribution in [0.3, 0.4) is 0 Å². The van der Waals surface area contributed by atoms with Crippen molar-refractivity contribution in [2.45, 2.75) is 36.9 Å². The van der Waals surface area contributed by atoms with Crippen LogP contribution in [0.5, 0.6) is 11.6 Å². The molecule has 3 rings (SSSR count). The standard InChI is InChI=1S/C21H18F4N2OS/c1-13(2)18-11-19(28-17-8-6-16(22)7-9-17)27-20(26-18)29-12-14-4-3-5-15(10-14)21(23,24)25/h3-11,13H,12H2,1-2H3. The number of thioether (sulfide) groups is 1. The minimum absolute atomic E-state index is 0.0986. The maximum atomic E-state index is 13.1. The van der Waals surface area contributed by atoms with Crippen LogP contribution in [-0.4, -0.2) is 9.97 Å². The van der Waals surface area contributed by atoms with Gasteiger partial charge < -0.3 is 4.74 Å². The number of benzene rings is 2. The third-order valence-corrected chi connectivity index (χ3v) is 4.87. The molecule has 0 aliphatic heterocycles. The van der Waals surface area contributed by atoms with Crippen LogP contribution < -0.4 is 4.74 Å². The van der Waals surface area contributed by atoms with Crippen LogP contribution in [-0.2, 0) is 11.9 Å². The Kier molecular flexibility index (Phi) is 6.42. The lowest BCUT2D eigenvalue weighted by atomic mass is 10.1. The van der Waals surface area contributed by atoms with E-state index in [4.69, 9.17) is 4.74 Å². The Hall–Kier alpha value is -2.61. The van der Waals surface area contributed by atoms with Gasteiger partial charge in [0.25, 0.3) is 0 Å². The maximum Gasteiger partial charge on any atom is 0.416 e. The molecule has 8 heteroatoms. The summed E-state index contributed by atoms with van der Waals surface area (Å²) in [6, 6.07) is 12.4. The van der Waals surface area contributed by atoms with Crippen molar-refractivity contribution in [1.29, 1.82) is 0 Å². The van der Waals surface area contributed by atoms with Gasteiger partial charge in [0.2, 0.25) is 5.88 Å². The summed E-state index contributed by atoms with van der Waals surface area (Å²) in [5.41, 5.74) is 0.570. The van der Waals surface area contributed by atoms with Gasteiger partial charge in [-0.15, -0.1) is 0 Å². The summed E-state index contributed by atoms with van der Waals surface area (Å²) >= 11 is 1.22. The third-order valence-electron chi connectivity index (χ3n) is 3.95. The zero-order valence-corrected chi connectivity index (χ0v) is 16.5. The Morgan fingerprint density at radius 3 is 2.38 bits per heavy atom. The molecule has 152 valence electrons. The summed E-state index contributed by atoms with van der Waals surface area (Å²) in [5, 5.41) is 0.394. The average molecular weight is 422 g/mol. The number of alkyl halides is 3. The van der Waals surface area contributed by atoms with E-state index in [2.05, 4.69) is 9.97 Å². The van der Waals surface area contributed by atoms with E-state index < -0.39 is 11.7 Å². The molecule has 3 aromatic rings. The second-order valence-corrected chi connectivity index (χ2v) is 7.55. The monoisotopic (exact) mass is 422 g/mol. The van der Waals surface area contributed by atoms with E-state index in [-0.39, 0.29) is 17.5 Å². The van der Waals surface area contributed by atoms with Gasteiger partial charge in [0.15, 0.2) is 5.16 Å². The van der Waals surface area contributed by atoms with Crippen LogP contribution in [0.4, 0.5) is 17.6 Å². The molecule has 0 bridgehead atoms. The zero-order valence-electron chi connectivity index (χ0n) is 15.7. The Bertz CT molecular complexity index is 975. The summed E-state index contributed by atoms with van der Waals surface area (Å²) in [4.78, 5) is 8.80. The fraction of sp³-hybridized carbons (Fsp3) is 0.238. The first-order valence-electron chi connectivity index (χ1n) is 8.82. The van der Waals surface area contributed by atoms with E-state index in [0.29, 0.717) is 22.3 Å². The molecule has 1 aromatic heterocycles. The minimum Gasteiger partial charge on any atom is -0.439 e. The molecule has 29 heavy (non-hydrogen) atoms. The first-order chi connectivity index (χ1) is 13.7. The molecule has 3 nitrogen and oxygen atoms in total. The first kappa shape index (κ1) is 21.1. The van der Waals surface area contributed by atoms with E-state index in [1.807, 2.05) is 13.8 Å². The van der Waals surface area contributed by atoms with Gasteiger partial charge in [0.1, 0.15) is 11.6 Å². The minimum atomic E-state index is -4.38. The Balaban J connectivity index is 1.79. The van der Waals surface area contributed by atoms with Crippen molar-refractivity contribution in [2.75, 3.05) is 0 Å². The molecule has 0 unspecified atom stereocenters. The van der Waals surface area contributed by atoms with Crippen molar-refractivity contribution < 1.29 is 22.3 Å². The number of halogens is 4. The summed E-state index contributed by atoms with van der Waals surface area (Å²) in [5.74, 6) is 0.721. The number of ether oxygens (including phenoxy) is 1. The number of rotatable bonds is 6. The molecule has 0 radical (unpaired) electrons. The molecule has 0 aliphatic rings. The highest BCUT2D eigenvalue weighted by atomic mass is 32.2.